The quantitative estimate of drug-likeness (QED) is 0.487. The number of aromatic nitrogens is 2. The number of fused-ring (bicyclic) bond motifs is 1. The van der Waals surface area contributed by atoms with Crippen molar-refractivity contribution in [3.8, 4) is 0 Å². The van der Waals surface area contributed by atoms with Crippen molar-refractivity contribution < 1.29 is 4.79 Å². The van der Waals surface area contributed by atoms with E-state index in [0.29, 0.717) is 17.1 Å². The summed E-state index contributed by atoms with van der Waals surface area (Å²) in [5.74, 6) is 0.701. The second kappa shape index (κ2) is 9.31. The van der Waals surface area contributed by atoms with Gasteiger partial charge in [0.05, 0.1) is 11.3 Å². The molecule has 0 spiro atoms. The van der Waals surface area contributed by atoms with Crippen LogP contribution in [0.25, 0.3) is 11.0 Å². The van der Waals surface area contributed by atoms with Gasteiger partial charge in [0.25, 0.3) is 5.91 Å². The Balaban J connectivity index is 0.00000256. The van der Waals surface area contributed by atoms with Crippen LogP contribution in [0.15, 0.2) is 41.0 Å². The third-order valence-electron chi connectivity index (χ3n) is 5.60. The summed E-state index contributed by atoms with van der Waals surface area (Å²) in [6.07, 6.45) is 3.76. The van der Waals surface area contributed by atoms with E-state index in [9.17, 15) is 4.79 Å². The van der Waals surface area contributed by atoms with E-state index < -0.39 is 0 Å². The van der Waals surface area contributed by atoms with Gasteiger partial charge in [-0.15, -0.1) is 12.4 Å². The van der Waals surface area contributed by atoms with Gasteiger partial charge < -0.3 is 10.2 Å². The van der Waals surface area contributed by atoms with E-state index in [1.807, 2.05) is 43.0 Å². The fourth-order valence-corrected chi connectivity index (χ4v) is 3.96. The number of carbonyl (C=O) groups is 1. The predicted molar refractivity (Wildman–Crippen MR) is 128 cm³/mol. The van der Waals surface area contributed by atoms with Crippen molar-refractivity contribution >= 4 is 56.7 Å². The molecule has 2 aromatic heterocycles. The molecule has 1 amide bonds. The van der Waals surface area contributed by atoms with Crippen LogP contribution in [0.4, 0.5) is 11.4 Å². The lowest BCUT2D eigenvalue weighted by Crippen LogP contribution is -2.38. The molecule has 0 bridgehead atoms. The van der Waals surface area contributed by atoms with Gasteiger partial charge in [-0.2, -0.15) is 0 Å². The van der Waals surface area contributed by atoms with E-state index in [0.717, 1.165) is 58.4 Å². The lowest BCUT2D eigenvalue weighted by Gasteiger charge is -2.31. The van der Waals surface area contributed by atoms with Crippen molar-refractivity contribution in [2.45, 2.75) is 33.6 Å². The zero-order valence-corrected chi connectivity index (χ0v) is 19.8. The summed E-state index contributed by atoms with van der Waals surface area (Å²) in [5, 5.41) is 4.34. The van der Waals surface area contributed by atoms with Crippen molar-refractivity contribution in [2.75, 3.05) is 18.4 Å². The molecule has 1 N–H and O–H groups in total. The van der Waals surface area contributed by atoms with E-state index in [2.05, 4.69) is 44.2 Å². The summed E-state index contributed by atoms with van der Waals surface area (Å²) in [6.45, 7) is 7.82. The summed E-state index contributed by atoms with van der Waals surface area (Å²) in [6, 6.07) is 10.0. The molecule has 7 heteroatoms. The third-order valence-corrected chi connectivity index (χ3v) is 6.49. The van der Waals surface area contributed by atoms with E-state index in [1.54, 1.807) is 6.20 Å². The third kappa shape index (κ3) is 4.60. The number of halogens is 2. The van der Waals surface area contributed by atoms with Gasteiger partial charge in [0.2, 0.25) is 0 Å². The molecule has 3 heterocycles. The number of anilines is 2. The number of nitrogens with zero attached hydrogens (tertiary/aromatic N) is 3. The van der Waals surface area contributed by atoms with Crippen molar-refractivity contribution in [2.24, 2.45) is 5.92 Å². The van der Waals surface area contributed by atoms with Gasteiger partial charge in [0.15, 0.2) is 5.65 Å². The Bertz CT molecular complexity index is 1080. The first-order valence-electron chi connectivity index (χ1n) is 10.0. The molecule has 5 nitrogen and oxygen atoms in total. The maximum absolute atomic E-state index is 13.4. The molecule has 1 aliphatic rings. The minimum atomic E-state index is 0. The zero-order chi connectivity index (χ0) is 20.5. The van der Waals surface area contributed by atoms with E-state index in [-0.39, 0.29) is 18.3 Å². The predicted octanol–water partition coefficient (Wildman–Crippen LogP) is 6.05. The number of piperidine rings is 1. The minimum absolute atomic E-state index is 0. The molecule has 1 aromatic carbocycles. The molecule has 0 aliphatic carbocycles. The number of benzene rings is 1. The van der Waals surface area contributed by atoms with Crippen LogP contribution >= 0.6 is 28.3 Å². The zero-order valence-electron chi connectivity index (χ0n) is 17.4. The number of amides is 1. The van der Waals surface area contributed by atoms with Crippen LogP contribution in [0.2, 0.25) is 0 Å². The fourth-order valence-electron chi connectivity index (χ4n) is 3.72. The molecule has 0 atom stereocenters. The topological polar surface area (TPSA) is 58.1 Å². The Hall–Kier alpha value is -2.18. The highest BCUT2D eigenvalue weighted by atomic mass is 79.9. The first-order valence-corrected chi connectivity index (χ1v) is 10.8. The standard InChI is InChI=1S/C23H25BrN4O.ClH/c1-14-8-10-28(11-9-14)23(29)19-13-25-22-18(6-4-16(3)26-22)21(19)27-17-5-7-20(24)15(2)12-17;/h4-7,12-14H,8-11H2,1-3H3,(H,25,26,27);1H. The molecule has 4 rings (SSSR count). The maximum Gasteiger partial charge on any atom is 0.257 e. The van der Waals surface area contributed by atoms with Gasteiger partial charge in [-0.25, -0.2) is 9.97 Å². The summed E-state index contributed by atoms with van der Waals surface area (Å²) in [4.78, 5) is 24.4. The van der Waals surface area contributed by atoms with Gasteiger partial charge >= 0.3 is 0 Å². The van der Waals surface area contributed by atoms with Crippen LogP contribution in [0.5, 0.6) is 0 Å². The van der Waals surface area contributed by atoms with Gasteiger partial charge in [0, 0.05) is 40.5 Å². The molecule has 0 unspecified atom stereocenters. The van der Waals surface area contributed by atoms with E-state index >= 15 is 0 Å². The Morgan fingerprint density at radius 1 is 1.17 bits per heavy atom. The lowest BCUT2D eigenvalue weighted by atomic mass is 9.98. The first kappa shape index (κ1) is 22.5. The van der Waals surface area contributed by atoms with Gasteiger partial charge in [-0.3, -0.25) is 4.79 Å². The van der Waals surface area contributed by atoms with Crippen LogP contribution in [-0.4, -0.2) is 33.9 Å². The maximum atomic E-state index is 13.4. The van der Waals surface area contributed by atoms with Crippen molar-refractivity contribution in [1.29, 1.82) is 0 Å². The van der Waals surface area contributed by atoms with Crippen molar-refractivity contribution in [3.63, 3.8) is 0 Å². The second-order valence-corrected chi connectivity index (χ2v) is 8.79. The monoisotopic (exact) mass is 488 g/mol. The molecule has 0 saturated carbocycles. The van der Waals surface area contributed by atoms with Gasteiger partial charge in [-0.05, 0) is 68.5 Å². The van der Waals surface area contributed by atoms with Crippen molar-refractivity contribution in [3.05, 3.63) is 57.8 Å². The van der Waals surface area contributed by atoms with Crippen LogP contribution in [0.1, 0.15) is 41.4 Å². The van der Waals surface area contributed by atoms with Crippen molar-refractivity contribution in [1.82, 2.24) is 14.9 Å². The Morgan fingerprint density at radius 3 is 2.60 bits per heavy atom. The average Bonchev–Trinajstić information content (AvgIpc) is 2.71. The lowest BCUT2D eigenvalue weighted by molar-refractivity contribution is 0.0698. The molecule has 0 radical (unpaired) electrons. The number of pyridine rings is 2. The number of hydrogen-bond acceptors (Lipinski definition) is 4. The molecule has 158 valence electrons. The summed E-state index contributed by atoms with van der Waals surface area (Å²) in [5.41, 5.74) is 4.97. The van der Waals surface area contributed by atoms with Crippen LogP contribution < -0.4 is 5.32 Å². The number of nitrogens with one attached hydrogen (secondary N) is 1. The molecular formula is C23H26BrClN4O. The fraction of sp³-hybridized carbons (Fsp3) is 0.348. The molecule has 1 saturated heterocycles. The van der Waals surface area contributed by atoms with Crippen LogP contribution in [0, 0.1) is 19.8 Å². The number of aryl methyl sites for hydroxylation is 2. The Morgan fingerprint density at radius 2 is 1.90 bits per heavy atom. The molecule has 1 aliphatic heterocycles. The highest BCUT2D eigenvalue weighted by Gasteiger charge is 2.25. The largest absolute Gasteiger partial charge is 0.354 e. The SMILES string of the molecule is Cc1ccc2c(Nc3ccc(Br)c(C)c3)c(C(=O)N3CCC(C)CC3)cnc2n1.Cl. The van der Waals surface area contributed by atoms with E-state index in [1.165, 1.54) is 0 Å². The highest BCUT2D eigenvalue weighted by Crippen LogP contribution is 2.31. The minimum Gasteiger partial charge on any atom is -0.354 e. The smallest absolute Gasteiger partial charge is 0.257 e. The number of hydrogen-bond donors (Lipinski definition) is 1. The Kier molecular flexibility index (Phi) is 6.98. The molecule has 30 heavy (non-hydrogen) atoms. The van der Waals surface area contributed by atoms with Crippen LogP contribution in [-0.2, 0) is 0 Å². The molecular weight excluding hydrogens is 464 g/mol. The summed E-state index contributed by atoms with van der Waals surface area (Å²) < 4.78 is 1.05. The van der Waals surface area contributed by atoms with E-state index in [4.69, 9.17) is 0 Å². The van der Waals surface area contributed by atoms with Gasteiger partial charge in [-0.1, -0.05) is 22.9 Å². The number of likely N-dealkylation sites (tertiary alicyclic amines) is 1. The molecule has 1 fully saturated rings. The summed E-state index contributed by atoms with van der Waals surface area (Å²) in [7, 11) is 0. The Labute approximate surface area is 191 Å². The highest BCUT2D eigenvalue weighted by molar-refractivity contribution is 9.10. The normalized spacial score (nSPS) is 14.5. The average molecular weight is 490 g/mol. The summed E-state index contributed by atoms with van der Waals surface area (Å²) >= 11 is 3.55. The second-order valence-electron chi connectivity index (χ2n) is 7.93. The van der Waals surface area contributed by atoms with Crippen LogP contribution in [0.3, 0.4) is 0 Å². The van der Waals surface area contributed by atoms with Gasteiger partial charge in [0.1, 0.15) is 0 Å². The molecule has 3 aromatic rings. The number of carbonyl (C=O) groups excluding carboxylic acids is 1. The number of rotatable bonds is 3. The first-order chi connectivity index (χ1) is 13.9.